The van der Waals surface area contributed by atoms with E-state index in [1.54, 1.807) is 13.8 Å². The first-order valence-corrected chi connectivity index (χ1v) is 9.47. The maximum absolute atomic E-state index is 12.1. The van der Waals surface area contributed by atoms with E-state index in [1.165, 1.54) is 29.9 Å². The van der Waals surface area contributed by atoms with Gasteiger partial charge in [0.05, 0.1) is 0 Å². The maximum Gasteiger partial charge on any atom is 0.325 e. The number of rotatable bonds is 6. The van der Waals surface area contributed by atoms with Crippen LogP contribution >= 0.6 is 11.8 Å². The highest BCUT2D eigenvalue weighted by atomic mass is 32.2. The summed E-state index contributed by atoms with van der Waals surface area (Å²) >= 11 is 2.06. The third-order valence-electron chi connectivity index (χ3n) is 4.42. The van der Waals surface area contributed by atoms with Crippen LogP contribution in [0.25, 0.3) is 0 Å². The smallest absolute Gasteiger partial charge is 0.324 e. The van der Waals surface area contributed by atoms with Gasteiger partial charge in [0.2, 0.25) is 0 Å². The summed E-state index contributed by atoms with van der Waals surface area (Å²) < 4.78 is 0. The molecule has 1 atom stereocenters. The van der Waals surface area contributed by atoms with Crippen LogP contribution in [0.3, 0.4) is 0 Å². The molecule has 0 aromatic rings. The number of nitrogens with zero attached hydrogens (tertiary/aromatic N) is 2. The molecule has 0 aliphatic carbocycles. The monoisotopic (exact) mass is 327 g/mol. The quantitative estimate of drug-likeness (QED) is 0.761. The molecule has 0 bridgehead atoms. The van der Waals surface area contributed by atoms with Crippen molar-refractivity contribution in [3.8, 4) is 0 Å². The zero-order valence-corrected chi connectivity index (χ0v) is 14.9. The minimum Gasteiger partial charge on any atom is -0.324 e. The lowest BCUT2D eigenvalue weighted by Gasteiger charge is -2.24. The molecule has 2 heterocycles. The van der Waals surface area contributed by atoms with Gasteiger partial charge in [-0.1, -0.05) is 13.3 Å². The standard InChI is InChI=1S/C16H29N3O2S/c1-4-22-13-8-5-6-9-18(12-13)10-7-11-19-14(20)16(2,3)17-15(19)21/h13H,4-12H2,1-3H3,(H,17,21)/t13-/m0/s1. The molecule has 1 N–H and O–H groups in total. The van der Waals surface area contributed by atoms with Crippen LogP contribution in [0.1, 0.15) is 46.5 Å². The van der Waals surface area contributed by atoms with Crippen LogP contribution in [0.15, 0.2) is 0 Å². The number of hydrogen-bond acceptors (Lipinski definition) is 4. The number of amides is 3. The molecule has 0 spiro atoms. The first-order valence-electron chi connectivity index (χ1n) is 8.42. The van der Waals surface area contributed by atoms with E-state index in [0.29, 0.717) is 6.54 Å². The fourth-order valence-corrected chi connectivity index (χ4v) is 4.35. The van der Waals surface area contributed by atoms with Crippen molar-refractivity contribution in [2.75, 3.05) is 31.9 Å². The van der Waals surface area contributed by atoms with Gasteiger partial charge < -0.3 is 10.2 Å². The van der Waals surface area contributed by atoms with Gasteiger partial charge in [0.15, 0.2) is 0 Å². The lowest BCUT2D eigenvalue weighted by Crippen LogP contribution is -2.40. The Hall–Kier alpha value is -0.750. The topological polar surface area (TPSA) is 52.6 Å². The lowest BCUT2D eigenvalue weighted by atomic mass is 10.1. The molecule has 2 aliphatic heterocycles. The molecule has 2 aliphatic rings. The molecular formula is C16H29N3O2S. The Morgan fingerprint density at radius 1 is 1.27 bits per heavy atom. The van der Waals surface area contributed by atoms with Crippen LogP contribution in [0.5, 0.6) is 0 Å². The van der Waals surface area contributed by atoms with Crippen LogP contribution in [0.2, 0.25) is 0 Å². The number of carbonyl (C=O) groups excluding carboxylic acids is 2. The van der Waals surface area contributed by atoms with Gasteiger partial charge in [0.1, 0.15) is 5.54 Å². The summed E-state index contributed by atoms with van der Waals surface area (Å²) in [4.78, 5) is 27.9. The first kappa shape index (κ1) is 17.6. The number of hydrogen-bond donors (Lipinski definition) is 1. The largest absolute Gasteiger partial charge is 0.325 e. The summed E-state index contributed by atoms with van der Waals surface area (Å²) in [6.45, 7) is 9.52. The summed E-state index contributed by atoms with van der Waals surface area (Å²) in [7, 11) is 0. The molecule has 0 aromatic heterocycles. The molecule has 0 saturated carbocycles. The molecule has 22 heavy (non-hydrogen) atoms. The van der Waals surface area contributed by atoms with Crippen molar-refractivity contribution in [2.45, 2.75) is 57.2 Å². The number of nitrogens with one attached hydrogen (secondary N) is 1. The van der Waals surface area contributed by atoms with Crippen LogP contribution in [-0.4, -0.2) is 64.5 Å². The van der Waals surface area contributed by atoms with E-state index in [9.17, 15) is 9.59 Å². The molecule has 2 saturated heterocycles. The second-order valence-corrected chi connectivity index (χ2v) is 8.32. The molecule has 2 rings (SSSR count). The molecular weight excluding hydrogens is 298 g/mol. The van der Waals surface area contributed by atoms with Crippen molar-refractivity contribution >= 4 is 23.7 Å². The molecule has 3 amide bonds. The number of likely N-dealkylation sites (tertiary alicyclic amines) is 1. The Morgan fingerprint density at radius 2 is 2.05 bits per heavy atom. The Bertz CT molecular complexity index is 414. The summed E-state index contributed by atoms with van der Waals surface area (Å²) in [5, 5.41) is 3.47. The predicted octanol–water partition coefficient (Wildman–Crippen LogP) is 2.31. The van der Waals surface area contributed by atoms with Gasteiger partial charge in [-0.15, -0.1) is 0 Å². The van der Waals surface area contributed by atoms with Gasteiger partial charge in [0, 0.05) is 18.3 Å². The second-order valence-electron chi connectivity index (χ2n) is 6.74. The summed E-state index contributed by atoms with van der Waals surface area (Å²) in [5.41, 5.74) is -0.747. The van der Waals surface area contributed by atoms with E-state index >= 15 is 0 Å². The zero-order valence-electron chi connectivity index (χ0n) is 14.1. The average Bonchev–Trinajstić information content (AvgIpc) is 2.62. The Morgan fingerprint density at radius 3 is 2.68 bits per heavy atom. The zero-order chi connectivity index (χ0) is 16.2. The minimum atomic E-state index is -0.747. The molecule has 0 aromatic carbocycles. The SMILES string of the molecule is CCS[C@H]1CCCCN(CCCN2C(=O)NC(C)(C)C2=O)C1. The minimum absolute atomic E-state index is 0.104. The van der Waals surface area contributed by atoms with Crippen molar-refractivity contribution in [3.63, 3.8) is 0 Å². The van der Waals surface area contributed by atoms with Gasteiger partial charge >= 0.3 is 6.03 Å². The second kappa shape index (κ2) is 7.68. The number of urea groups is 1. The number of imide groups is 1. The fraction of sp³-hybridized carbons (Fsp3) is 0.875. The molecule has 126 valence electrons. The van der Waals surface area contributed by atoms with E-state index in [4.69, 9.17) is 0 Å². The van der Waals surface area contributed by atoms with Gasteiger partial charge in [-0.05, 0) is 52.0 Å². The van der Waals surface area contributed by atoms with Gasteiger partial charge in [-0.3, -0.25) is 9.69 Å². The van der Waals surface area contributed by atoms with Crippen molar-refractivity contribution in [3.05, 3.63) is 0 Å². The van der Waals surface area contributed by atoms with E-state index < -0.39 is 5.54 Å². The fourth-order valence-electron chi connectivity index (χ4n) is 3.23. The number of carbonyl (C=O) groups is 2. The van der Waals surface area contributed by atoms with Crippen LogP contribution in [0.4, 0.5) is 4.79 Å². The van der Waals surface area contributed by atoms with Crippen molar-refractivity contribution in [1.29, 1.82) is 0 Å². The maximum atomic E-state index is 12.1. The highest BCUT2D eigenvalue weighted by Crippen LogP contribution is 2.22. The van der Waals surface area contributed by atoms with Crippen LogP contribution in [0, 0.1) is 0 Å². The molecule has 5 nitrogen and oxygen atoms in total. The van der Waals surface area contributed by atoms with Crippen LogP contribution < -0.4 is 5.32 Å². The van der Waals surface area contributed by atoms with E-state index in [2.05, 4.69) is 28.9 Å². The lowest BCUT2D eigenvalue weighted by molar-refractivity contribution is -0.130. The van der Waals surface area contributed by atoms with Gasteiger partial charge in [-0.25, -0.2) is 4.79 Å². The first-order chi connectivity index (χ1) is 10.4. The average molecular weight is 327 g/mol. The molecule has 2 fully saturated rings. The van der Waals surface area contributed by atoms with Crippen LogP contribution in [-0.2, 0) is 4.79 Å². The van der Waals surface area contributed by atoms with E-state index in [-0.39, 0.29) is 11.9 Å². The molecule has 0 radical (unpaired) electrons. The highest BCUT2D eigenvalue weighted by Gasteiger charge is 2.43. The van der Waals surface area contributed by atoms with Crippen molar-refractivity contribution < 1.29 is 9.59 Å². The number of thioether (sulfide) groups is 1. The summed E-state index contributed by atoms with van der Waals surface area (Å²) in [5.74, 6) is 1.07. The Balaban J connectivity index is 1.78. The Labute approximate surface area is 138 Å². The van der Waals surface area contributed by atoms with Gasteiger partial charge in [0.25, 0.3) is 5.91 Å². The molecule has 6 heteroatoms. The normalized spacial score (nSPS) is 26.1. The summed E-state index contributed by atoms with van der Waals surface area (Å²) in [6, 6.07) is -0.245. The van der Waals surface area contributed by atoms with Crippen molar-refractivity contribution in [2.24, 2.45) is 0 Å². The van der Waals surface area contributed by atoms with Gasteiger partial charge in [-0.2, -0.15) is 11.8 Å². The van der Waals surface area contributed by atoms with E-state index in [0.717, 1.165) is 31.3 Å². The Kier molecular flexibility index (Phi) is 6.15. The molecule has 0 unspecified atom stereocenters. The third-order valence-corrected chi connectivity index (χ3v) is 5.60. The predicted molar refractivity (Wildman–Crippen MR) is 91.2 cm³/mol. The van der Waals surface area contributed by atoms with E-state index in [1.807, 2.05) is 0 Å². The third kappa shape index (κ3) is 4.38. The summed E-state index contributed by atoms with van der Waals surface area (Å²) in [6.07, 6.45) is 4.75. The highest BCUT2D eigenvalue weighted by molar-refractivity contribution is 7.99. The van der Waals surface area contributed by atoms with Crippen molar-refractivity contribution in [1.82, 2.24) is 15.1 Å².